The molecule has 0 saturated carbocycles. The second-order valence-corrected chi connectivity index (χ2v) is 8.51. The monoisotopic (exact) mass is 436 g/mol. The third-order valence-electron chi connectivity index (χ3n) is 4.51. The smallest absolute Gasteiger partial charge is 0.338 e. The Balaban J connectivity index is 1.49. The maximum absolute atomic E-state index is 12.7. The molecule has 4 aromatic rings. The number of H-pyrrole nitrogens is 1. The number of benzene rings is 2. The van der Waals surface area contributed by atoms with Crippen molar-refractivity contribution in [3.63, 3.8) is 0 Å². The van der Waals surface area contributed by atoms with Gasteiger partial charge in [-0.25, -0.2) is 9.78 Å². The van der Waals surface area contributed by atoms with Gasteiger partial charge in [0.1, 0.15) is 4.83 Å². The Labute approximate surface area is 182 Å². The number of hydrogen-bond donors (Lipinski definition) is 1. The molecular weight excluding hydrogens is 416 g/mol. The Hall–Kier alpha value is -2.90. The summed E-state index contributed by atoms with van der Waals surface area (Å²) in [5, 5.41) is 3.19. The lowest BCUT2D eigenvalue weighted by molar-refractivity contribution is 0.0505. The lowest BCUT2D eigenvalue weighted by Gasteiger charge is -2.05. The zero-order valence-electron chi connectivity index (χ0n) is 16.4. The maximum Gasteiger partial charge on any atom is 0.338 e. The van der Waals surface area contributed by atoms with E-state index in [4.69, 9.17) is 4.74 Å². The molecule has 0 radical (unpaired) electrons. The first kappa shape index (κ1) is 20.4. The molecule has 4 rings (SSSR count). The van der Waals surface area contributed by atoms with E-state index < -0.39 is 0 Å². The van der Waals surface area contributed by atoms with Gasteiger partial charge in [0.2, 0.25) is 0 Å². The molecule has 2 aromatic carbocycles. The minimum absolute atomic E-state index is 0.128. The molecule has 0 aliphatic heterocycles. The quantitative estimate of drug-likeness (QED) is 0.235. The molecule has 0 fully saturated rings. The number of fused-ring (bicyclic) bond motifs is 1. The van der Waals surface area contributed by atoms with Gasteiger partial charge in [-0.1, -0.05) is 61.2 Å². The number of nitrogens with zero attached hydrogens (tertiary/aromatic N) is 1. The predicted molar refractivity (Wildman–Crippen MR) is 122 cm³/mol. The number of carbonyl (C=O) groups is 1. The summed E-state index contributed by atoms with van der Waals surface area (Å²) in [6.07, 6.45) is 0.799. The zero-order valence-corrected chi connectivity index (χ0v) is 18.0. The average Bonchev–Trinajstić information content (AvgIpc) is 3.22. The lowest BCUT2D eigenvalue weighted by atomic mass is 10.1. The van der Waals surface area contributed by atoms with Crippen molar-refractivity contribution in [2.24, 2.45) is 0 Å². The molecule has 0 aliphatic rings. The van der Waals surface area contributed by atoms with Crippen LogP contribution in [0.5, 0.6) is 0 Å². The van der Waals surface area contributed by atoms with E-state index in [-0.39, 0.29) is 11.5 Å². The van der Waals surface area contributed by atoms with Crippen molar-refractivity contribution >= 4 is 39.3 Å². The highest BCUT2D eigenvalue weighted by atomic mass is 32.2. The number of aromatic nitrogens is 2. The van der Waals surface area contributed by atoms with E-state index in [0.717, 1.165) is 27.9 Å². The number of hydrogen-bond acceptors (Lipinski definition) is 6. The summed E-state index contributed by atoms with van der Waals surface area (Å²) >= 11 is 2.93. The van der Waals surface area contributed by atoms with Crippen LogP contribution in [0.15, 0.2) is 69.9 Å². The van der Waals surface area contributed by atoms with E-state index in [9.17, 15) is 9.59 Å². The molecule has 30 heavy (non-hydrogen) atoms. The summed E-state index contributed by atoms with van der Waals surface area (Å²) in [4.78, 5) is 32.9. The van der Waals surface area contributed by atoms with Crippen molar-refractivity contribution < 1.29 is 9.53 Å². The number of thioether (sulfide) groups is 1. The van der Waals surface area contributed by atoms with E-state index in [2.05, 4.69) is 9.97 Å². The Morgan fingerprint density at radius 3 is 2.63 bits per heavy atom. The number of rotatable bonds is 7. The van der Waals surface area contributed by atoms with Crippen LogP contribution in [-0.4, -0.2) is 22.5 Å². The number of ether oxygens (including phenoxy) is 1. The second-order valence-electron chi connectivity index (χ2n) is 6.69. The Kier molecular flexibility index (Phi) is 6.30. The van der Waals surface area contributed by atoms with Crippen LogP contribution in [0.2, 0.25) is 0 Å². The van der Waals surface area contributed by atoms with Gasteiger partial charge in [-0.15, -0.1) is 11.3 Å². The summed E-state index contributed by atoms with van der Waals surface area (Å²) < 4.78 is 5.14. The molecule has 0 saturated heterocycles. The summed E-state index contributed by atoms with van der Waals surface area (Å²) in [5.74, 6) is 0.328. The zero-order chi connectivity index (χ0) is 20.9. The minimum Gasteiger partial charge on any atom is -0.462 e. The summed E-state index contributed by atoms with van der Waals surface area (Å²) in [6, 6.07) is 17.2. The van der Waals surface area contributed by atoms with Crippen LogP contribution in [0.1, 0.15) is 29.3 Å². The van der Waals surface area contributed by atoms with Crippen molar-refractivity contribution in [1.29, 1.82) is 0 Å². The lowest BCUT2D eigenvalue weighted by Crippen LogP contribution is -2.08. The van der Waals surface area contributed by atoms with E-state index in [1.54, 1.807) is 12.1 Å². The molecule has 0 spiro atoms. The van der Waals surface area contributed by atoms with Crippen LogP contribution in [0.25, 0.3) is 21.3 Å². The maximum atomic E-state index is 12.7. The van der Waals surface area contributed by atoms with Crippen molar-refractivity contribution in [3.8, 4) is 11.1 Å². The molecule has 0 amide bonds. The Morgan fingerprint density at radius 2 is 1.90 bits per heavy atom. The molecule has 2 aromatic heterocycles. The highest BCUT2D eigenvalue weighted by Gasteiger charge is 2.13. The fourth-order valence-electron chi connectivity index (χ4n) is 2.99. The fraction of sp³-hybridized carbons (Fsp3) is 0.174. The van der Waals surface area contributed by atoms with E-state index in [0.29, 0.717) is 28.5 Å². The molecule has 7 heteroatoms. The number of thiophene rings is 1. The standard InChI is InChI=1S/C23H20N2O3S2/c1-2-12-28-22(27)17-10-8-15(9-11-17)13-30-23-24-20(26)19-18(14-29-21(19)25-23)16-6-4-3-5-7-16/h3-11,14H,2,12-13H2,1H3,(H,24,25,26). The molecule has 0 aliphatic carbocycles. The van der Waals surface area contributed by atoms with Gasteiger partial charge < -0.3 is 9.72 Å². The van der Waals surface area contributed by atoms with E-state index in [1.807, 2.05) is 54.8 Å². The summed E-state index contributed by atoms with van der Waals surface area (Å²) in [7, 11) is 0. The normalized spacial score (nSPS) is 11.0. The van der Waals surface area contributed by atoms with Crippen molar-refractivity contribution in [2.75, 3.05) is 6.61 Å². The first-order valence-corrected chi connectivity index (χ1v) is 11.5. The van der Waals surface area contributed by atoms with Crippen molar-refractivity contribution in [2.45, 2.75) is 24.3 Å². The molecular formula is C23H20N2O3S2. The van der Waals surface area contributed by atoms with Gasteiger partial charge in [-0.2, -0.15) is 0 Å². The SMILES string of the molecule is CCCOC(=O)c1ccc(CSc2nc3scc(-c4ccccc4)c3c(=O)[nH]2)cc1. The molecule has 0 unspecified atom stereocenters. The minimum atomic E-state index is -0.306. The van der Waals surface area contributed by atoms with Crippen LogP contribution in [0.4, 0.5) is 0 Å². The number of carbonyl (C=O) groups excluding carboxylic acids is 1. The van der Waals surface area contributed by atoms with Gasteiger partial charge in [-0.05, 0) is 29.7 Å². The van der Waals surface area contributed by atoms with Gasteiger partial charge in [-0.3, -0.25) is 4.79 Å². The molecule has 0 atom stereocenters. The fourth-order valence-corrected chi connectivity index (χ4v) is 4.82. The molecule has 1 N–H and O–H groups in total. The van der Waals surface area contributed by atoms with E-state index >= 15 is 0 Å². The van der Waals surface area contributed by atoms with Crippen molar-refractivity contribution in [3.05, 3.63) is 81.5 Å². The Bertz CT molecular complexity index is 1210. The summed E-state index contributed by atoms with van der Waals surface area (Å²) in [5.41, 5.74) is 3.36. The number of esters is 1. The van der Waals surface area contributed by atoms with Crippen LogP contribution >= 0.6 is 23.1 Å². The molecule has 0 bridgehead atoms. The van der Waals surface area contributed by atoms with Crippen molar-refractivity contribution in [1.82, 2.24) is 9.97 Å². The summed E-state index contributed by atoms with van der Waals surface area (Å²) in [6.45, 7) is 2.38. The highest BCUT2D eigenvalue weighted by Crippen LogP contribution is 2.31. The van der Waals surface area contributed by atoms with Gasteiger partial charge in [0.05, 0.1) is 17.6 Å². The number of nitrogens with one attached hydrogen (secondary N) is 1. The third-order valence-corrected chi connectivity index (χ3v) is 6.33. The first-order chi connectivity index (χ1) is 14.7. The Morgan fingerprint density at radius 1 is 1.13 bits per heavy atom. The van der Waals surface area contributed by atoms with Gasteiger partial charge >= 0.3 is 5.97 Å². The largest absolute Gasteiger partial charge is 0.462 e. The van der Waals surface area contributed by atoms with Crippen LogP contribution in [0, 0.1) is 0 Å². The van der Waals surface area contributed by atoms with Crippen LogP contribution in [-0.2, 0) is 10.5 Å². The van der Waals surface area contributed by atoms with Gasteiger partial charge in [0, 0.05) is 16.7 Å². The third kappa shape index (κ3) is 4.47. The molecule has 5 nitrogen and oxygen atoms in total. The predicted octanol–water partition coefficient (Wildman–Crippen LogP) is 5.51. The average molecular weight is 437 g/mol. The first-order valence-electron chi connectivity index (χ1n) is 9.61. The van der Waals surface area contributed by atoms with E-state index in [1.165, 1.54) is 23.1 Å². The highest BCUT2D eigenvalue weighted by molar-refractivity contribution is 7.98. The molecule has 2 heterocycles. The second kappa shape index (κ2) is 9.28. The van der Waals surface area contributed by atoms with Crippen LogP contribution < -0.4 is 5.56 Å². The number of aromatic amines is 1. The van der Waals surface area contributed by atoms with Gasteiger partial charge in [0.25, 0.3) is 5.56 Å². The van der Waals surface area contributed by atoms with Gasteiger partial charge in [0.15, 0.2) is 5.16 Å². The van der Waals surface area contributed by atoms with Crippen LogP contribution in [0.3, 0.4) is 0 Å². The topological polar surface area (TPSA) is 72.0 Å². The molecule has 152 valence electrons.